The maximum Gasteiger partial charge on any atom is 0.254 e. The zero-order valence-corrected chi connectivity index (χ0v) is 17.1. The minimum absolute atomic E-state index is 0.0503. The molecule has 1 aromatic heterocycles. The summed E-state index contributed by atoms with van der Waals surface area (Å²) in [6.07, 6.45) is 6.89. The Morgan fingerprint density at radius 1 is 1.10 bits per heavy atom. The number of carbonyl (C=O) groups excluding carboxylic acids is 2. The summed E-state index contributed by atoms with van der Waals surface area (Å²) in [7, 11) is 0. The number of nitrogens with zero attached hydrogens (tertiary/aromatic N) is 2. The summed E-state index contributed by atoms with van der Waals surface area (Å²) in [4.78, 5) is 24.9. The van der Waals surface area contributed by atoms with Gasteiger partial charge in [0.15, 0.2) is 0 Å². The van der Waals surface area contributed by atoms with Crippen LogP contribution in [0, 0.1) is 11.7 Å². The van der Waals surface area contributed by atoms with Gasteiger partial charge in [-0.15, -0.1) is 0 Å². The lowest BCUT2D eigenvalue weighted by molar-refractivity contribution is -0.125. The van der Waals surface area contributed by atoms with Gasteiger partial charge in [0.05, 0.1) is 23.1 Å². The molecule has 2 amide bonds. The highest BCUT2D eigenvalue weighted by Gasteiger charge is 2.22. The molecule has 1 aliphatic rings. The summed E-state index contributed by atoms with van der Waals surface area (Å²) in [5.74, 6) is -0.296. The van der Waals surface area contributed by atoms with Crippen molar-refractivity contribution in [1.29, 1.82) is 0 Å². The fourth-order valence-electron chi connectivity index (χ4n) is 3.84. The zero-order chi connectivity index (χ0) is 20.8. The average molecular weight is 400 g/mol. The number of hydrogen-bond donors (Lipinski definition) is 2. The summed E-state index contributed by atoms with van der Waals surface area (Å²) in [6, 6.07) is 6.01. The van der Waals surface area contributed by atoms with Crippen molar-refractivity contribution in [3.8, 4) is 5.69 Å². The number of amides is 2. The molecule has 156 valence electrons. The smallest absolute Gasteiger partial charge is 0.254 e. The van der Waals surface area contributed by atoms with Crippen LogP contribution in [0.15, 0.2) is 30.5 Å². The molecule has 0 bridgehead atoms. The fraction of sp³-hybridized carbons (Fsp3) is 0.500. The standard InChI is InChI=1S/C22H29FN4O2/c1-15(2)20-19(14-26-27(20)18-10-8-17(23)9-11-18)22(29)25-13-12-24-21(28)16-6-4-3-5-7-16/h8-11,14-16H,3-7,12-13H2,1-2H3,(H,24,28)(H,25,29). The van der Waals surface area contributed by atoms with Crippen molar-refractivity contribution >= 4 is 11.8 Å². The van der Waals surface area contributed by atoms with E-state index in [1.54, 1.807) is 16.8 Å². The molecular formula is C22H29FN4O2. The molecule has 1 aliphatic carbocycles. The predicted molar refractivity (Wildman–Crippen MR) is 110 cm³/mol. The predicted octanol–water partition coefficient (Wildman–Crippen LogP) is 3.56. The van der Waals surface area contributed by atoms with Crippen molar-refractivity contribution in [1.82, 2.24) is 20.4 Å². The molecule has 0 aliphatic heterocycles. The van der Waals surface area contributed by atoms with Gasteiger partial charge in [0.25, 0.3) is 5.91 Å². The lowest BCUT2D eigenvalue weighted by atomic mass is 9.89. The van der Waals surface area contributed by atoms with Gasteiger partial charge in [-0.2, -0.15) is 5.10 Å². The summed E-state index contributed by atoms with van der Waals surface area (Å²) in [5.41, 5.74) is 1.96. The van der Waals surface area contributed by atoms with Crippen LogP contribution >= 0.6 is 0 Å². The van der Waals surface area contributed by atoms with Crippen LogP contribution in [-0.2, 0) is 4.79 Å². The van der Waals surface area contributed by atoms with Crippen LogP contribution in [-0.4, -0.2) is 34.7 Å². The number of benzene rings is 1. The third-order valence-electron chi connectivity index (χ3n) is 5.35. The first-order valence-corrected chi connectivity index (χ1v) is 10.4. The van der Waals surface area contributed by atoms with Crippen LogP contribution < -0.4 is 10.6 Å². The topological polar surface area (TPSA) is 76.0 Å². The number of hydrogen-bond acceptors (Lipinski definition) is 3. The monoisotopic (exact) mass is 400 g/mol. The van der Waals surface area contributed by atoms with Gasteiger partial charge in [0, 0.05) is 19.0 Å². The molecule has 1 fully saturated rings. The Balaban J connectivity index is 1.59. The molecule has 0 unspecified atom stereocenters. The number of nitrogens with one attached hydrogen (secondary N) is 2. The van der Waals surface area contributed by atoms with E-state index in [0.717, 1.165) is 31.4 Å². The van der Waals surface area contributed by atoms with E-state index in [2.05, 4.69) is 15.7 Å². The molecule has 1 aromatic carbocycles. The largest absolute Gasteiger partial charge is 0.354 e. The summed E-state index contributed by atoms with van der Waals surface area (Å²) in [5, 5.41) is 10.1. The van der Waals surface area contributed by atoms with E-state index in [0.29, 0.717) is 24.3 Å². The van der Waals surface area contributed by atoms with Crippen LogP contribution in [0.5, 0.6) is 0 Å². The molecule has 1 heterocycles. The number of halogens is 1. The van der Waals surface area contributed by atoms with Crippen molar-refractivity contribution in [3.63, 3.8) is 0 Å². The van der Waals surface area contributed by atoms with Gasteiger partial charge < -0.3 is 10.6 Å². The molecule has 7 heteroatoms. The van der Waals surface area contributed by atoms with Crippen LogP contribution in [0.1, 0.15) is 67.9 Å². The second kappa shape index (κ2) is 9.67. The van der Waals surface area contributed by atoms with Gasteiger partial charge in [-0.25, -0.2) is 9.07 Å². The second-order valence-corrected chi connectivity index (χ2v) is 7.87. The summed E-state index contributed by atoms with van der Waals surface area (Å²) >= 11 is 0. The molecule has 0 spiro atoms. The van der Waals surface area contributed by atoms with Gasteiger partial charge >= 0.3 is 0 Å². The Bertz CT molecular complexity index is 839. The summed E-state index contributed by atoms with van der Waals surface area (Å²) < 4.78 is 14.9. The van der Waals surface area contributed by atoms with Gasteiger partial charge in [-0.1, -0.05) is 33.1 Å². The first kappa shape index (κ1) is 21.0. The molecule has 0 saturated heterocycles. The molecule has 6 nitrogen and oxygen atoms in total. The molecule has 2 aromatic rings. The van der Waals surface area contributed by atoms with Crippen LogP contribution in [0.2, 0.25) is 0 Å². The fourth-order valence-corrected chi connectivity index (χ4v) is 3.84. The normalized spacial score (nSPS) is 14.8. The zero-order valence-electron chi connectivity index (χ0n) is 17.1. The first-order chi connectivity index (χ1) is 14.0. The van der Waals surface area contributed by atoms with E-state index >= 15 is 0 Å². The molecule has 1 saturated carbocycles. The molecule has 29 heavy (non-hydrogen) atoms. The highest BCUT2D eigenvalue weighted by Crippen LogP contribution is 2.24. The van der Waals surface area contributed by atoms with Crippen molar-refractivity contribution in [3.05, 3.63) is 47.5 Å². The third kappa shape index (κ3) is 5.22. The highest BCUT2D eigenvalue weighted by atomic mass is 19.1. The van der Waals surface area contributed by atoms with Crippen LogP contribution in [0.25, 0.3) is 5.69 Å². The number of aromatic nitrogens is 2. The Morgan fingerprint density at radius 3 is 2.41 bits per heavy atom. The van der Waals surface area contributed by atoms with Gasteiger partial charge in [-0.3, -0.25) is 9.59 Å². The van der Waals surface area contributed by atoms with E-state index < -0.39 is 0 Å². The minimum Gasteiger partial charge on any atom is -0.354 e. The molecule has 0 radical (unpaired) electrons. The van der Waals surface area contributed by atoms with Gasteiger partial charge in [-0.05, 0) is 43.0 Å². The van der Waals surface area contributed by atoms with E-state index in [1.165, 1.54) is 24.8 Å². The van der Waals surface area contributed by atoms with Crippen molar-refractivity contribution in [2.75, 3.05) is 13.1 Å². The van der Waals surface area contributed by atoms with Crippen molar-refractivity contribution < 1.29 is 14.0 Å². The first-order valence-electron chi connectivity index (χ1n) is 10.4. The van der Waals surface area contributed by atoms with Crippen LogP contribution in [0.4, 0.5) is 4.39 Å². The van der Waals surface area contributed by atoms with E-state index in [4.69, 9.17) is 0 Å². The van der Waals surface area contributed by atoms with Gasteiger partial charge in [0.2, 0.25) is 5.91 Å². The highest BCUT2D eigenvalue weighted by molar-refractivity contribution is 5.95. The third-order valence-corrected chi connectivity index (χ3v) is 5.35. The molecule has 2 N–H and O–H groups in total. The minimum atomic E-state index is -0.319. The van der Waals surface area contributed by atoms with Crippen molar-refractivity contribution in [2.24, 2.45) is 5.92 Å². The van der Waals surface area contributed by atoms with Gasteiger partial charge in [0.1, 0.15) is 5.82 Å². The Labute approximate surface area is 170 Å². The number of rotatable bonds is 7. The van der Waals surface area contributed by atoms with Crippen molar-refractivity contribution in [2.45, 2.75) is 51.9 Å². The lowest BCUT2D eigenvalue weighted by Crippen LogP contribution is -2.38. The Hall–Kier alpha value is -2.70. The summed E-state index contributed by atoms with van der Waals surface area (Å²) in [6.45, 7) is 4.73. The molecule has 0 atom stereocenters. The lowest BCUT2D eigenvalue weighted by Gasteiger charge is -2.20. The quantitative estimate of drug-likeness (QED) is 0.698. The van der Waals surface area contributed by atoms with E-state index in [1.807, 2.05) is 13.8 Å². The Kier molecular flexibility index (Phi) is 7.01. The van der Waals surface area contributed by atoms with Crippen LogP contribution in [0.3, 0.4) is 0 Å². The maximum absolute atomic E-state index is 13.2. The van der Waals surface area contributed by atoms with E-state index in [-0.39, 0.29) is 29.5 Å². The second-order valence-electron chi connectivity index (χ2n) is 7.87. The average Bonchev–Trinajstić information content (AvgIpc) is 3.17. The van der Waals surface area contributed by atoms with E-state index in [9.17, 15) is 14.0 Å². The maximum atomic E-state index is 13.2. The molecular weight excluding hydrogens is 371 g/mol. The molecule has 3 rings (SSSR count). The SMILES string of the molecule is CC(C)c1c(C(=O)NCCNC(=O)C2CCCCC2)cnn1-c1ccc(F)cc1. The Morgan fingerprint density at radius 2 is 1.76 bits per heavy atom. The number of carbonyl (C=O) groups is 2.